The van der Waals surface area contributed by atoms with E-state index in [1.165, 1.54) is 32.1 Å². The van der Waals surface area contributed by atoms with Crippen LogP contribution in [0.3, 0.4) is 0 Å². The van der Waals surface area contributed by atoms with E-state index in [0.29, 0.717) is 5.92 Å². The Bertz CT molecular complexity index is 349. The van der Waals surface area contributed by atoms with Gasteiger partial charge in [-0.2, -0.15) is 0 Å². The first kappa shape index (κ1) is 13.4. The van der Waals surface area contributed by atoms with Crippen molar-refractivity contribution in [3.63, 3.8) is 0 Å². The molecule has 0 heterocycles. The van der Waals surface area contributed by atoms with Crippen molar-refractivity contribution >= 4 is 5.91 Å². The average Bonchev–Trinajstić information content (AvgIpc) is 2.35. The minimum atomic E-state index is -0.0426. The lowest BCUT2D eigenvalue weighted by Crippen LogP contribution is -2.60. The number of rotatable bonds is 3. The summed E-state index contributed by atoms with van der Waals surface area (Å²) in [5.74, 6) is 4.44. The Morgan fingerprint density at radius 3 is 2.00 bits per heavy atom. The van der Waals surface area contributed by atoms with Crippen LogP contribution in [0, 0.1) is 29.6 Å². The molecule has 19 heavy (non-hydrogen) atoms. The van der Waals surface area contributed by atoms with Crippen LogP contribution in [0.25, 0.3) is 0 Å². The molecule has 0 aromatic heterocycles. The SMILES string of the molecule is CN(C(=O)CN)C(C)(C)C1C2CC3CC(C2)CC1C3. The summed E-state index contributed by atoms with van der Waals surface area (Å²) < 4.78 is 0. The number of carbonyl (C=O) groups excluding carboxylic acids is 1. The number of hydrogen-bond donors (Lipinski definition) is 1. The third kappa shape index (κ3) is 2.01. The lowest BCUT2D eigenvalue weighted by molar-refractivity contribution is -0.144. The van der Waals surface area contributed by atoms with E-state index in [1.807, 2.05) is 11.9 Å². The molecule has 0 aliphatic heterocycles. The topological polar surface area (TPSA) is 46.3 Å². The van der Waals surface area contributed by atoms with Crippen LogP contribution in [-0.4, -0.2) is 29.9 Å². The van der Waals surface area contributed by atoms with E-state index >= 15 is 0 Å². The van der Waals surface area contributed by atoms with Gasteiger partial charge in [-0.15, -0.1) is 0 Å². The molecule has 4 aliphatic rings. The molecule has 3 heteroatoms. The van der Waals surface area contributed by atoms with E-state index in [9.17, 15) is 4.79 Å². The highest BCUT2D eigenvalue weighted by Crippen LogP contribution is 2.59. The van der Waals surface area contributed by atoms with E-state index in [2.05, 4.69) is 13.8 Å². The molecule has 0 aromatic rings. The van der Waals surface area contributed by atoms with Gasteiger partial charge in [-0.1, -0.05) is 0 Å². The summed E-state index contributed by atoms with van der Waals surface area (Å²) >= 11 is 0. The Hall–Kier alpha value is -0.570. The van der Waals surface area contributed by atoms with Gasteiger partial charge in [0.2, 0.25) is 5.91 Å². The predicted molar refractivity (Wildman–Crippen MR) is 76.4 cm³/mol. The minimum Gasteiger partial charge on any atom is -0.339 e. The predicted octanol–water partition coefficient (Wildman–Crippen LogP) is 2.25. The second kappa shape index (κ2) is 4.47. The van der Waals surface area contributed by atoms with E-state index in [4.69, 9.17) is 5.73 Å². The van der Waals surface area contributed by atoms with Gasteiger partial charge in [0, 0.05) is 12.6 Å². The molecule has 0 saturated heterocycles. The Kier molecular flexibility index (Phi) is 3.16. The van der Waals surface area contributed by atoms with Crippen molar-refractivity contribution in [2.24, 2.45) is 35.3 Å². The third-order valence-electron chi connectivity index (χ3n) is 6.46. The quantitative estimate of drug-likeness (QED) is 0.850. The van der Waals surface area contributed by atoms with E-state index in [0.717, 1.165) is 23.7 Å². The van der Waals surface area contributed by atoms with E-state index in [-0.39, 0.29) is 18.0 Å². The fourth-order valence-electron chi connectivity index (χ4n) is 5.76. The molecule has 0 atom stereocenters. The fourth-order valence-corrected chi connectivity index (χ4v) is 5.76. The van der Waals surface area contributed by atoms with Gasteiger partial charge >= 0.3 is 0 Å². The van der Waals surface area contributed by atoms with Crippen molar-refractivity contribution in [2.75, 3.05) is 13.6 Å². The number of nitrogens with zero attached hydrogens (tertiary/aromatic N) is 1. The van der Waals surface area contributed by atoms with E-state index < -0.39 is 0 Å². The lowest BCUT2D eigenvalue weighted by Gasteiger charge is -2.60. The van der Waals surface area contributed by atoms with Crippen molar-refractivity contribution in [1.82, 2.24) is 4.90 Å². The van der Waals surface area contributed by atoms with Gasteiger partial charge in [-0.25, -0.2) is 0 Å². The molecule has 0 aromatic carbocycles. The maximum Gasteiger partial charge on any atom is 0.236 e. The first-order chi connectivity index (χ1) is 8.93. The highest BCUT2D eigenvalue weighted by atomic mass is 16.2. The van der Waals surface area contributed by atoms with Gasteiger partial charge in [0.15, 0.2) is 0 Å². The van der Waals surface area contributed by atoms with Gasteiger partial charge in [0.05, 0.1) is 6.54 Å². The van der Waals surface area contributed by atoms with Crippen LogP contribution >= 0.6 is 0 Å². The number of likely N-dealkylation sites (N-methyl/N-ethyl adjacent to an activating group) is 1. The van der Waals surface area contributed by atoms with Crippen LogP contribution in [0.4, 0.5) is 0 Å². The third-order valence-corrected chi connectivity index (χ3v) is 6.46. The van der Waals surface area contributed by atoms with Crippen LogP contribution in [0.15, 0.2) is 0 Å². The van der Waals surface area contributed by atoms with Gasteiger partial charge < -0.3 is 10.6 Å². The Labute approximate surface area is 116 Å². The number of carbonyl (C=O) groups is 1. The molecule has 4 bridgehead atoms. The summed E-state index contributed by atoms with van der Waals surface area (Å²) in [7, 11) is 1.94. The minimum absolute atomic E-state index is 0.0426. The van der Waals surface area contributed by atoms with Crippen molar-refractivity contribution in [1.29, 1.82) is 0 Å². The molecule has 108 valence electrons. The smallest absolute Gasteiger partial charge is 0.236 e. The van der Waals surface area contributed by atoms with E-state index in [1.54, 1.807) is 0 Å². The Morgan fingerprint density at radius 2 is 1.58 bits per heavy atom. The number of hydrogen-bond acceptors (Lipinski definition) is 2. The molecular formula is C16H28N2O. The fraction of sp³-hybridized carbons (Fsp3) is 0.938. The van der Waals surface area contributed by atoms with Crippen molar-refractivity contribution < 1.29 is 4.79 Å². The molecule has 0 radical (unpaired) electrons. The van der Waals surface area contributed by atoms with Crippen molar-refractivity contribution in [2.45, 2.75) is 51.5 Å². The zero-order valence-electron chi connectivity index (χ0n) is 12.6. The molecule has 2 N–H and O–H groups in total. The van der Waals surface area contributed by atoms with Crippen molar-refractivity contribution in [3.05, 3.63) is 0 Å². The van der Waals surface area contributed by atoms with Crippen LogP contribution in [0.1, 0.15) is 46.0 Å². The summed E-state index contributed by atoms with van der Waals surface area (Å²) in [6, 6.07) is 0. The molecule has 4 rings (SSSR count). The second-order valence-electron chi connectivity index (χ2n) is 7.77. The molecule has 4 fully saturated rings. The lowest BCUT2D eigenvalue weighted by atomic mass is 9.48. The molecule has 1 amide bonds. The Morgan fingerprint density at radius 1 is 1.11 bits per heavy atom. The summed E-state index contributed by atoms with van der Waals surface area (Å²) in [6.07, 6.45) is 7.12. The molecular weight excluding hydrogens is 236 g/mol. The van der Waals surface area contributed by atoms with Crippen LogP contribution in [0.2, 0.25) is 0 Å². The summed E-state index contributed by atoms with van der Waals surface area (Å²) in [5.41, 5.74) is 5.51. The summed E-state index contributed by atoms with van der Waals surface area (Å²) in [4.78, 5) is 13.9. The molecule has 4 aliphatic carbocycles. The van der Waals surface area contributed by atoms with Crippen molar-refractivity contribution in [3.8, 4) is 0 Å². The average molecular weight is 264 g/mol. The van der Waals surface area contributed by atoms with Gasteiger partial charge in [-0.3, -0.25) is 4.79 Å². The summed E-state index contributed by atoms with van der Waals surface area (Å²) in [5, 5.41) is 0. The van der Waals surface area contributed by atoms with Gasteiger partial charge in [-0.05, 0) is 75.5 Å². The second-order valence-corrected chi connectivity index (χ2v) is 7.77. The first-order valence-electron chi connectivity index (χ1n) is 7.90. The molecule has 4 saturated carbocycles. The normalized spacial score (nSPS) is 40.5. The largest absolute Gasteiger partial charge is 0.339 e. The maximum atomic E-state index is 12.0. The molecule has 3 nitrogen and oxygen atoms in total. The highest BCUT2D eigenvalue weighted by molar-refractivity contribution is 5.78. The number of amides is 1. The highest BCUT2D eigenvalue weighted by Gasteiger charge is 2.54. The van der Waals surface area contributed by atoms with Gasteiger partial charge in [0.1, 0.15) is 0 Å². The maximum absolute atomic E-state index is 12.0. The number of nitrogens with two attached hydrogens (primary N) is 1. The summed E-state index contributed by atoms with van der Waals surface area (Å²) in [6.45, 7) is 4.65. The zero-order valence-corrected chi connectivity index (χ0v) is 12.6. The molecule has 0 unspecified atom stereocenters. The first-order valence-corrected chi connectivity index (χ1v) is 7.90. The van der Waals surface area contributed by atoms with Crippen LogP contribution in [0.5, 0.6) is 0 Å². The zero-order chi connectivity index (χ0) is 13.8. The molecule has 0 spiro atoms. The van der Waals surface area contributed by atoms with Gasteiger partial charge in [0.25, 0.3) is 0 Å². The van der Waals surface area contributed by atoms with Crippen LogP contribution < -0.4 is 5.73 Å². The Balaban J connectivity index is 1.83. The standard InChI is InChI=1S/C16H28N2O/c1-16(2,18(3)14(19)9-17)15-12-5-10-4-11(7-12)8-13(15)6-10/h10-13,15H,4-9,17H2,1-3H3. The van der Waals surface area contributed by atoms with Crippen LogP contribution in [-0.2, 0) is 4.79 Å². The monoisotopic (exact) mass is 264 g/mol.